The first kappa shape index (κ1) is 14.4. The highest BCUT2D eigenvalue weighted by Gasteiger charge is 2.38. The van der Waals surface area contributed by atoms with Crippen LogP contribution in [-0.4, -0.2) is 12.1 Å². The maximum Gasteiger partial charge on any atom is 0.471 e. The van der Waals surface area contributed by atoms with E-state index in [4.69, 9.17) is 5.84 Å². The van der Waals surface area contributed by atoms with Crippen LogP contribution in [-0.2, 0) is 4.79 Å². The van der Waals surface area contributed by atoms with Crippen LogP contribution >= 0.6 is 11.3 Å². The predicted octanol–water partition coefficient (Wildman–Crippen LogP) is 3.20. The molecule has 0 bridgehead atoms. The Labute approximate surface area is 116 Å². The SMILES string of the molecule is NNc1cc(-c2cccc(NC(=O)C(F)(F)F)c2)cs1. The van der Waals surface area contributed by atoms with Crippen molar-refractivity contribution in [3.05, 3.63) is 35.7 Å². The summed E-state index contributed by atoms with van der Waals surface area (Å²) in [7, 11) is 0. The van der Waals surface area contributed by atoms with Gasteiger partial charge in [-0.15, -0.1) is 11.3 Å². The number of hydrogen-bond acceptors (Lipinski definition) is 4. The van der Waals surface area contributed by atoms with Gasteiger partial charge in [-0.05, 0) is 29.3 Å². The molecule has 2 rings (SSSR count). The van der Waals surface area contributed by atoms with Gasteiger partial charge in [0.2, 0.25) is 0 Å². The lowest BCUT2D eigenvalue weighted by molar-refractivity contribution is -0.167. The van der Waals surface area contributed by atoms with Crippen molar-refractivity contribution in [2.24, 2.45) is 5.84 Å². The number of amides is 1. The number of nitrogens with two attached hydrogens (primary N) is 1. The number of anilines is 2. The monoisotopic (exact) mass is 301 g/mol. The van der Waals surface area contributed by atoms with Crippen molar-refractivity contribution in [3.63, 3.8) is 0 Å². The van der Waals surface area contributed by atoms with Gasteiger partial charge in [0.15, 0.2) is 0 Å². The number of thiophene rings is 1. The normalized spacial score (nSPS) is 11.2. The lowest BCUT2D eigenvalue weighted by Crippen LogP contribution is -2.29. The number of benzene rings is 1. The zero-order chi connectivity index (χ0) is 14.8. The van der Waals surface area contributed by atoms with E-state index in [9.17, 15) is 18.0 Å². The molecule has 0 aliphatic rings. The molecule has 0 fully saturated rings. The quantitative estimate of drug-likeness (QED) is 0.602. The summed E-state index contributed by atoms with van der Waals surface area (Å²) in [5.41, 5.74) is 4.05. The summed E-state index contributed by atoms with van der Waals surface area (Å²) in [5.74, 6) is 3.27. The molecule has 1 aromatic carbocycles. The van der Waals surface area contributed by atoms with Gasteiger partial charge in [0.25, 0.3) is 0 Å². The molecular formula is C12H10F3N3OS. The minimum Gasteiger partial charge on any atom is -0.318 e. The Morgan fingerprint density at radius 3 is 2.55 bits per heavy atom. The fraction of sp³-hybridized carbons (Fsp3) is 0.0833. The molecule has 0 unspecified atom stereocenters. The van der Waals surface area contributed by atoms with Gasteiger partial charge in [-0.3, -0.25) is 4.79 Å². The van der Waals surface area contributed by atoms with E-state index in [2.05, 4.69) is 5.43 Å². The number of carbonyl (C=O) groups is 1. The molecule has 2 aromatic rings. The van der Waals surface area contributed by atoms with E-state index in [1.807, 2.05) is 5.32 Å². The largest absolute Gasteiger partial charge is 0.471 e. The Morgan fingerprint density at radius 1 is 1.20 bits per heavy atom. The molecule has 8 heteroatoms. The van der Waals surface area contributed by atoms with Gasteiger partial charge in [0, 0.05) is 11.1 Å². The third-order valence-corrected chi connectivity index (χ3v) is 3.31. The Bertz CT molecular complexity index is 624. The highest BCUT2D eigenvalue weighted by Crippen LogP contribution is 2.30. The van der Waals surface area contributed by atoms with E-state index < -0.39 is 12.1 Å². The number of halogens is 3. The van der Waals surface area contributed by atoms with Gasteiger partial charge in [0.05, 0.1) is 0 Å². The molecule has 0 aliphatic heterocycles. The summed E-state index contributed by atoms with van der Waals surface area (Å²) in [4.78, 5) is 10.9. The predicted molar refractivity (Wildman–Crippen MR) is 72.2 cm³/mol. The van der Waals surface area contributed by atoms with E-state index in [-0.39, 0.29) is 5.69 Å². The Balaban J connectivity index is 2.22. The summed E-state index contributed by atoms with van der Waals surface area (Å²) >= 11 is 1.36. The molecule has 0 radical (unpaired) electrons. The van der Waals surface area contributed by atoms with Crippen molar-refractivity contribution >= 4 is 27.9 Å². The van der Waals surface area contributed by atoms with Crippen molar-refractivity contribution in [2.75, 3.05) is 10.7 Å². The zero-order valence-electron chi connectivity index (χ0n) is 9.99. The van der Waals surface area contributed by atoms with Crippen LogP contribution in [0.5, 0.6) is 0 Å². The summed E-state index contributed by atoms with van der Waals surface area (Å²) < 4.78 is 36.5. The minimum absolute atomic E-state index is 0.0817. The zero-order valence-corrected chi connectivity index (χ0v) is 10.8. The van der Waals surface area contributed by atoms with E-state index in [1.165, 1.54) is 23.5 Å². The van der Waals surface area contributed by atoms with Crippen LogP contribution in [0, 0.1) is 0 Å². The summed E-state index contributed by atoms with van der Waals surface area (Å²) in [5, 5.41) is 4.34. The fourth-order valence-electron chi connectivity index (χ4n) is 1.54. The fourth-order valence-corrected chi connectivity index (χ4v) is 2.26. The van der Waals surface area contributed by atoms with Crippen LogP contribution in [0.1, 0.15) is 0 Å². The molecule has 0 saturated heterocycles. The second kappa shape index (κ2) is 5.51. The van der Waals surface area contributed by atoms with Gasteiger partial charge in [-0.1, -0.05) is 12.1 Å². The Morgan fingerprint density at radius 2 is 1.95 bits per heavy atom. The standard InChI is InChI=1S/C12H10F3N3OS/c13-12(14,15)11(19)17-9-3-1-2-7(4-9)8-5-10(18-16)20-6-8/h1-6,18H,16H2,(H,17,19). The topological polar surface area (TPSA) is 67.2 Å². The lowest BCUT2D eigenvalue weighted by Gasteiger charge is -2.08. The Hall–Kier alpha value is -2.06. The maximum atomic E-state index is 12.2. The van der Waals surface area contributed by atoms with Crippen molar-refractivity contribution in [1.29, 1.82) is 0 Å². The van der Waals surface area contributed by atoms with Crippen LogP contribution in [0.15, 0.2) is 35.7 Å². The third-order valence-electron chi connectivity index (χ3n) is 2.45. The summed E-state index contributed by atoms with van der Waals surface area (Å²) in [6.07, 6.45) is -4.91. The number of hydrazine groups is 1. The first-order valence-electron chi connectivity index (χ1n) is 5.44. The molecule has 0 saturated carbocycles. The van der Waals surface area contributed by atoms with Crippen molar-refractivity contribution in [3.8, 4) is 11.1 Å². The van der Waals surface area contributed by atoms with E-state index in [1.54, 1.807) is 23.6 Å². The second-order valence-corrected chi connectivity index (χ2v) is 4.79. The van der Waals surface area contributed by atoms with Crippen LogP contribution in [0.3, 0.4) is 0 Å². The van der Waals surface area contributed by atoms with Crippen molar-refractivity contribution < 1.29 is 18.0 Å². The number of nitrogen functional groups attached to an aromatic ring is 1. The van der Waals surface area contributed by atoms with Gasteiger partial charge in [0.1, 0.15) is 5.00 Å². The number of hydrogen-bond donors (Lipinski definition) is 3. The highest BCUT2D eigenvalue weighted by atomic mass is 32.1. The number of alkyl halides is 3. The third kappa shape index (κ3) is 3.28. The average molecular weight is 301 g/mol. The molecule has 0 aliphatic carbocycles. The second-order valence-electron chi connectivity index (χ2n) is 3.88. The average Bonchev–Trinajstić information content (AvgIpc) is 2.86. The maximum absolute atomic E-state index is 12.2. The summed E-state index contributed by atoms with van der Waals surface area (Å²) in [6.45, 7) is 0. The molecule has 4 N–H and O–H groups in total. The van der Waals surface area contributed by atoms with Crippen molar-refractivity contribution in [1.82, 2.24) is 0 Å². The van der Waals surface area contributed by atoms with E-state index in [0.717, 1.165) is 10.6 Å². The van der Waals surface area contributed by atoms with Crippen LogP contribution in [0.4, 0.5) is 23.9 Å². The van der Waals surface area contributed by atoms with E-state index >= 15 is 0 Å². The van der Waals surface area contributed by atoms with Gasteiger partial charge in [-0.25, -0.2) is 5.84 Å². The van der Waals surface area contributed by atoms with E-state index in [0.29, 0.717) is 5.56 Å². The number of carbonyl (C=O) groups excluding carboxylic acids is 1. The highest BCUT2D eigenvalue weighted by molar-refractivity contribution is 7.14. The molecular weight excluding hydrogens is 291 g/mol. The van der Waals surface area contributed by atoms with Crippen molar-refractivity contribution in [2.45, 2.75) is 6.18 Å². The molecule has 0 atom stereocenters. The smallest absolute Gasteiger partial charge is 0.318 e. The number of rotatable bonds is 3. The molecule has 1 aromatic heterocycles. The van der Waals surface area contributed by atoms with Crippen LogP contribution in [0.2, 0.25) is 0 Å². The van der Waals surface area contributed by atoms with Gasteiger partial charge >= 0.3 is 12.1 Å². The molecule has 1 heterocycles. The first-order valence-corrected chi connectivity index (χ1v) is 6.32. The molecule has 106 valence electrons. The van der Waals surface area contributed by atoms with Crippen LogP contribution < -0.4 is 16.6 Å². The minimum atomic E-state index is -4.91. The molecule has 0 spiro atoms. The van der Waals surface area contributed by atoms with Gasteiger partial charge in [-0.2, -0.15) is 13.2 Å². The van der Waals surface area contributed by atoms with Crippen LogP contribution in [0.25, 0.3) is 11.1 Å². The molecule has 1 amide bonds. The molecule has 4 nitrogen and oxygen atoms in total. The first-order chi connectivity index (χ1) is 9.40. The molecule has 20 heavy (non-hydrogen) atoms. The number of nitrogens with one attached hydrogen (secondary N) is 2. The summed E-state index contributed by atoms with van der Waals surface area (Å²) in [6, 6.07) is 7.91. The lowest BCUT2D eigenvalue weighted by atomic mass is 10.1. The van der Waals surface area contributed by atoms with Gasteiger partial charge < -0.3 is 10.7 Å². The Kier molecular flexibility index (Phi) is 3.96.